The third-order valence-electron chi connectivity index (χ3n) is 5.15. The van der Waals surface area contributed by atoms with Crippen molar-refractivity contribution >= 4 is 5.97 Å². The fourth-order valence-corrected chi connectivity index (χ4v) is 3.29. The summed E-state index contributed by atoms with van der Waals surface area (Å²) >= 11 is 0. The first kappa shape index (κ1) is 23.7. The molecule has 0 amide bonds. The molecule has 0 heterocycles. The van der Waals surface area contributed by atoms with Crippen molar-refractivity contribution in [2.75, 3.05) is 7.11 Å². The van der Waals surface area contributed by atoms with Gasteiger partial charge in [-0.3, -0.25) is 4.79 Å². The molecule has 0 aromatic rings. The van der Waals surface area contributed by atoms with E-state index in [4.69, 9.17) is 4.74 Å². The van der Waals surface area contributed by atoms with Gasteiger partial charge in [0.1, 0.15) is 0 Å². The molecule has 0 saturated heterocycles. The molecular weight excluding hydrogens is 336 g/mol. The summed E-state index contributed by atoms with van der Waals surface area (Å²) in [6.07, 6.45) is 25.3. The Balaban J connectivity index is 2.03. The Morgan fingerprint density at radius 1 is 1.00 bits per heavy atom. The highest BCUT2D eigenvalue weighted by molar-refractivity contribution is 5.73. The number of allylic oxidation sites excluding steroid dienone is 5. The van der Waals surface area contributed by atoms with Gasteiger partial charge in [-0.15, -0.1) is 0 Å². The predicted molar refractivity (Wildman–Crippen MR) is 114 cm³/mol. The van der Waals surface area contributed by atoms with Gasteiger partial charge in [-0.25, -0.2) is 0 Å². The number of hydrogen-bond acceptors (Lipinski definition) is 3. The minimum Gasteiger partial charge on any atom is -0.469 e. The van der Waals surface area contributed by atoms with E-state index in [1.54, 1.807) is 0 Å². The molecule has 1 N–H and O–H groups in total. The van der Waals surface area contributed by atoms with Gasteiger partial charge in [0.05, 0.1) is 19.1 Å². The number of esters is 1. The lowest BCUT2D eigenvalue weighted by Crippen LogP contribution is -2.17. The average molecular weight is 377 g/mol. The molecule has 3 heteroatoms. The van der Waals surface area contributed by atoms with Gasteiger partial charge < -0.3 is 9.84 Å². The van der Waals surface area contributed by atoms with E-state index >= 15 is 0 Å². The van der Waals surface area contributed by atoms with E-state index in [9.17, 15) is 9.90 Å². The van der Waals surface area contributed by atoms with Crippen LogP contribution in [0.25, 0.3) is 0 Å². The SMILES string of the molecule is CCCCCC=CCCC[C@@H](O)/C=C\C/C=C\CCC(C(=O)OC)C1CC1. The Kier molecular flexibility index (Phi) is 13.8. The second kappa shape index (κ2) is 15.7. The monoisotopic (exact) mass is 376 g/mol. The zero-order valence-corrected chi connectivity index (χ0v) is 17.4. The standard InChI is InChI=1S/C24H40O3/c1-3-4-5-6-7-8-10-13-16-22(25)17-14-11-9-12-15-18-23(21-19-20-21)24(26)27-2/h7-9,12,14,17,21-23,25H,3-6,10-11,13,15-16,18-20H2,1-2H3/b8-7?,12-9-,17-14-/t22-,23?/m1/s1. The van der Waals surface area contributed by atoms with Crippen molar-refractivity contribution in [3.63, 3.8) is 0 Å². The van der Waals surface area contributed by atoms with Gasteiger partial charge in [-0.05, 0) is 70.1 Å². The van der Waals surface area contributed by atoms with Gasteiger partial charge in [-0.1, -0.05) is 56.2 Å². The number of ether oxygens (including phenoxy) is 1. The van der Waals surface area contributed by atoms with Crippen LogP contribution in [0.4, 0.5) is 0 Å². The van der Waals surface area contributed by atoms with E-state index in [2.05, 4.69) is 31.2 Å². The molecule has 2 atom stereocenters. The van der Waals surface area contributed by atoms with E-state index in [0.717, 1.165) is 38.5 Å². The number of unbranched alkanes of at least 4 members (excludes halogenated alkanes) is 4. The molecule has 1 aliphatic rings. The number of methoxy groups -OCH3 is 1. The summed E-state index contributed by atoms with van der Waals surface area (Å²) in [5, 5.41) is 9.97. The van der Waals surface area contributed by atoms with Crippen LogP contribution in [-0.4, -0.2) is 24.3 Å². The van der Waals surface area contributed by atoms with Crippen LogP contribution in [0.3, 0.4) is 0 Å². The molecule has 0 aromatic heterocycles. The lowest BCUT2D eigenvalue weighted by molar-refractivity contribution is -0.146. The second-order valence-electron chi connectivity index (χ2n) is 7.65. The fourth-order valence-electron chi connectivity index (χ4n) is 3.29. The molecule has 3 nitrogen and oxygen atoms in total. The molecule has 1 rings (SSSR count). The molecule has 27 heavy (non-hydrogen) atoms. The molecule has 1 aliphatic carbocycles. The Bertz CT molecular complexity index is 460. The summed E-state index contributed by atoms with van der Waals surface area (Å²) in [6.45, 7) is 2.23. The predicted octanol–water partition coefficient (Wildman–Crippen LogP) is 6.14. The van der Waals surface area contributed by atoms with E-state index in [0.29, 0.717) is 5.92 Å². The van der Waals surface area contributed by atoms with Crippen LogP contribution in [0.5, 0.6) is 0 Å². The molecule has 0 aromatic carbocycles. The maximum atomic E-state index is 11.7. The molecule has 1 saturated carbocycles. The lowest BCUT2D eigenvalue weighted by atomic mass is 9.98. The van der Waals surface area contributed by atoms with Crippen LogP contribution in [0.1, 0.15) is 84.0 Å². The largest absolute Gasteiger partial charge is 0.469 e. The van der Waals surface area contributed by atoms with E-state index < -0.39 is 0 Å². The number of aliphatic hydroxyl groups is 1. The average Bonchev–Trinajstić information content (AvgIpc) is 3.50. The number of aliphatic hydroxyl groups excluding tert-OH is 1. The van der Waals surface area contributed by atoms with Gasteiger partial charge in [0.25, 0.3) is 0 Å². The molecule has 1 unspecified atom stereocenters. The van der Waals surface area contributed by atoms with E-state index in [-0.39, 0.29) is 18.0 Å². The minimum absolute atomic E-state index is 0.0512. The highest BCUT2D eigenvalue weighted by Crippen LogP contribution is 2.39. The van der Waals surface area contributed by atoms with Crippen molar-refractivity contribution in [3.8, 4) is 0 Å². The lowest BCUT2D eigenvalue weighted by Gasteiger charge is -2.11. The van der Waals surface area contributed by atoms with Crippen LogP contribution < -0.4 is 0 Å². The first-order chi connectivity index (χ1) is 13.2. The van der Waals surface area contributed by atoms with Crippen LogP contribution in [0.2, 0.25) is 0 Å². The number of carbonyl (C=O) groups is 1. The second-order valence-corrected chi connectivity index (χ2v) is 7.65. The van der Waals surface area contributed by atoms with Gasteiger partial charge in [0.15, 0.2) is 0 Å². The Labute approximate surface area is 166 Å². The third-order valence-corrected chi connectivity index (χ3v) is 5.15. The van der Waals surface area contributed by atoms with Crippen molar-refractivity contribution < 1.29 is 14.6 Å². The fraction of sp³-hybridized carbons (Fsp3) is 0.708. The zero-order valence-electron chi connectivity index (χ0n) is 17.4. The van der Waals surface area contributed by atoms with E-state index in [1.807, 2.05) is 12.2 Å². The maximum Gasteiger partial charge on any atom is 0.308 e. The van der Waals surface area contributed by atoms with Crippen molar-refractivity contribution in [1.82, 2.24) is 0 Å². The van der Waals surface area contributed by atoms with Crippen LogP contribution in [-0.2, 0) is 9.53 Å². The maximum absolute atomic E-state index is 11.7. The molecule has 154 valence electrons. The normalized spacial score (nSPS) is 17.1. The zero-order chi connectivity index (χ0) is 19.7. The first-order valence-corrected chi connectivity index (χ1v) is 10.9. The van der Waals surface area contributed by atoms with Gasteiger partial charge in [0.2, 0.25) is 0 Å². The van der Waals surface area contributed by atoms with Crippen molar-refractivity contribution in [2.24, 2.45) is 11.8 Å². The summed E-state index contributed by atoms with van der Waals surface area (Å²) in [5.41, 5.74) is 0. The molecular formula is C24H40O3. The third kappa shape index (κ3) is 12.6. The van der Waals surface area contributed by atoms with Crippen molar-refractivity contribution in [3.05, 3.63) is 36.5 Å². The molecule has 0 bridgehead atoms. The highest BCUT2D eigenvalue weighted by Gasteiger charge is 2.36. The smallest absolute Gasteiger partial charge is 0.308 e. The molecule has 1 fully saturated rings. The summed E-state index contributed by atoms with van der Waals surface area (Å²) < 4.78 is 4.90. The Morgan fingerprint density at radius 2 is 1.70 bits per heavy atom. The summed E-state index contributed by atoms with van der Waals surface area (Å²) in [5.74, 6) is 0.578. The van der Waals surface area contributed by atoms with Crippen molar-refractivity contribution in [1.29, 1.82) is 0 Å². The Hall–Kier alpha value is -1.35. The quantitative estimate of drug-likeness (QED) is 0.200. The van der Waals surface area contributed by atoms with Crippen LogP contribution in [0.15, 0.2) is 36.5 Å². The first-order valence-electron chi connectivity index (χ1n) is 10.9. The Morgan fingerprint density at radius 3 is 2.37 bits per heavy atom. The van der Waals surface area contributed by atoms with Gasteiger partial charge >= 0.3 is 5.97 Å². The molecule has 0 radical (unpaired) electrons. The van der Waals surface area contributed by atoms with Gasteiger partial charge in [-0.2, -0.15) is 0 Å². The van der Waals surface area contributed by atoms with Gasteiger partial charge in [0, 0.05) is 0 Å². The highest BCUT2D eigenvalue weighted by atomic mass is 16.5. The molecule has 0 spiro atoms. The van der Waals surface area contributed by atoms with Crippen LogP contribution >= 0.6 is 0 Å². The topological polar surface area (TPSA) is 46.5 Å². The summed E-state index contributed by atoms with van der Waals surface area (Å²) in [4.78, 5) is 11.7. The molecule has 0 aliphatic heterocycles. The number of rotatable bonds is 16. The number of carbonyl (C=O) groups excluding carboxylic acids is 1. The summed E-state index contributed by atoms with van der Waals surface area (Å²) in [7, 11) is 1.48. The van der Waals surface area contributed by atoms with Crippen molar-refractivity contribution in [2.45, 2.75) is 90.1 Å². The number of hydrogen-bond donors (Lipinski definition) is 1. The van der Waals surface area contributed by atoms with E-state index in [1.165, 1.54) is 45.6 Å². The minimum atomic E-state index is -0.342. The van der Waals surface area contributed by atoms with Crippen LogP contribution in [0, 0.1) is 11.8 Å². The summed E-state index contributed by atoms with van der Waals surface area (Å²) in [6, 6.07) is 0.